The number of hydrogen-bond donors (Lipinski definition) is 1. The molecule has 0 atom stereocenters. The van der Waals surface area contributed by atoms with Crippen molar-refractivity contribution in [1.29, 1.82) is 0 Å². The van der Waals surface area contributed by atoms with Crippen LogP contribution in [0, 0.1) is 10.5 Å². The lowest BCUT2D eigenvalue weighted by Crippen LogP contribution is -2.02. The molecule has 72 valence electrons. The summed E-state index contributed by atoms with van der Waals surface area (Å²) in [4.78, 5) is 1.55. The first-order chi connectivity index (χ1) is 6.66. The second-order valence-electron chi connectivity index (χ2n) is 2.99. The average Bonchev–Trinajstić information content (AvgIpc) is 2.56. The second-order valence-corrected chi connectivity index (χ2v) is 4.24. The summed E-state index contributed by atoms with van der Waals surface area (Å²) in [6, 6.07) is 6.11. The van der Waals surface area contributed by atoms with Gasteiger partial charge >= 0.3 is 0 Å². The predicted molar refractivity (Wildman–Crippen MR) is 63.2 cm³/mol. The van der Waals surface area contributed by atoms with Crippen LogP contribution in [-0.4, -0.2) is 15.0 Å². The molecule has 0 radical (unpaired) electrons. The predicted octanol–water partition coefficient (Wildman–Crippen LogP) is 1.76. The number of nitrogen functional groups attached to an aromatic ring is 1. The van der Waals surface area contributed by atoms with E-state index >= 15 is 0 Å². The van der Waals surface area contributed by atoms with Gasteiger partial charge in [-0.05, 0) is 47.2 Å². The smallest absolute Gasteiger partial charge is 0.166 e. The van der Waals surface area contributed by atoms with Gasteiger partial charge in [0.1, 0.15) is 0 Å². The molecule has 0 amide bonds. The monoisotopic (exact) mass is 300 g/mol. The average molecular weight is 300 g/mol. The van der Waals surface area contributed by atoms with E-state index in [1.165, 1.54) is 0 Å². The van der Waals surface area contributed by atoms with Crippen LogP contribution >= 0.6 is 22.6 Å². The molecule has 1 aromatic carbocycles. The number of halogens is 1. The molecule has 0 bridgehead atoms. The molecule has 1 heterocycles. The summed E-state index contributed by atoms with van der Waals surface area (Å²) >= 11 is 2.26. The zero-order valence-electron chi connectivity index (χ0n) is 7.61. The SMILES string of the molecule is Cc1ccc(I)cc1-n1ncc(N)n1. The molecule has 0 aliphatic heterocycles. The van der Waals surface area contributed by atoms with Crippen molar-refractivity contribution < 1.29 is 0 Å². The van der Waals surface area contributed by atoms with Crippen molar-refractivity contribution >= 4 is 28.4 Å². The molecule has 2 N–H and O–H groups in total. The van der Waals surface area contributed by atoms with Gasteiger partial charge in [0.05, 0.1) is 11.9 Å². The molecule has 1 aromatic heterocycles. The van der Waals surface area contributed by atoms with Gasteiger partial charge in [-0.1, -0.05) is 6.07 Å². The van der Waals surface area contributed by atoms with E-state index in [4.69, 9.17) is 5.73 Å². The third-order valence-electron chi connectivity index (χ3n) is 1.90. The molecular formula is C9H9IN4. The molecule has 4 nitrogen and oxygen atoms in total. The van der Waals surface area contributed by atoms with Crippen LogP contribution in [0.25, 0.3) is 5.69 Å². The zero-order chi connectivity index (χ0) is 10.1. The molecule has 2 rings (SSSR count). The van der Waals surface area contributed by atoms with Gasteiger partial charge in [-0.2, -0.15) is 5.10 Å². The Kier molecular flexibility index (Phi) is 2.40. The van der Waals surface area contributed by atoms with Crippen molar-refractivity contribution in [2.45, 2.75) is 6.92 Å². The Hall–Kier alpha value is -1.11. The molecule has 2 aromatic rings. The number of aromatic nitrogens is 3. The minimum atomic E-state index is 0.434. The number of rotatable bonds is 1. The summed E-state index contributed by atoms with van der Waals surface area (Å²) in [5.74, 6) is 0.434. The highest BCUT2D eigenvalue weighted by Crippen LogP contribution is 2.16. The minimum Gasteiger partial charge on any atom is -0.381 e. The van der Waals surface area contributed by atoms with E-state index in [-0.39, 0.29) is 0 Å². The number of nitrogens with zero attached hydrogens (tertiary/aromatic N) is 3. The molecule has 0 aliphatic rings. The van der Waals surface area contributed by atoms with E-state index in [0.717, 1.165) is 14.8 Å². The highest BCUT2D eigenvalue weighted by Gasteiger charge is 2.04. The Balaban J connectivity index is 2.55. The molecular weight excluding hydrogens is 291 g/mol. The summed E-state index contributed by atoms with van der Waals surface area (Å²) in [5.41, 5.74) is 7.60. The van der Waals surface area contributed by atoms with Crippen molar-refractivity contribution in [2.75, 3.05) is 5.73 Å². The fourth-order valence-corrected chi connectivity index (χ4v) is 1.66. The maximum Gasteiger partial charge on any atom is 0.166 e. The first-order valence-corrected chi connectivity index (χ1v) is 5.19. The highest BCUT2D eigenvalue weighted by atomic mass is 127. The van der Waals surface area contributed by atoms with Gasteiger partial charge < -0.3 is 5.73 Å². The third kappa shape index (κ3) is 1.72. The number of aryl methyl sites for hydroxylation is 1. The first kappa shape index (κ1) is 9.45. The number of hydrogen-bond acceptors (Lipinski definition) is 3. The second kappa shape index (κ2) is 3.56. The van der Waals surface area contributed by atoms with E-state index in [0.29, 0.717) is 5.82 Å². The normalized spacial score (nSPS) is 10.4. The minimum absolute atomic E-state index is 0.434. The Morgan fingerprint density at radius 2 is 2.21 bits per heavy atom. The van der Waals surface area contributed by atoms with E-state index in [1.807, 2.05) is 25.1 Å². The molecule has 0 fully saturated rings. The van der Waals surface area contributed by atoms with Gasteiger partial charge in [0, 0.05) is 3.57 Å². The van der Waals surface area contributed by atoms with Gasteiger partial charge in [0.25, 0.3) is 0 Å². The van der Waals surface area contributed by atoms with Gasteiger partial charge in [-0.25, -0.2) is 0 Å². The molecule has 5 heteroatoms. The van der Waals surface area contributed by atoms with E-state index in [2.05, 4.69) is 32.8 Å². The van der Waals surface area contributed by atoms with Crippen LogP contribution in [0.15, 0.2) is 24.4 Å². The molecule has 14 heavy (non-hydrogen) atoms. The van der Waals surface area contributed by atoms with Crippen molar-refractivity contribution in [3.8, 4) is 5.69 Å². The van der Waals surface area contributed by atoms with Crippen LogP contribution in [0.5, 0.6) is 0 Å². The van der Waals surface area contributed by atoms with Crippen molar-refractivity contribution in [3.63, 3.8) is 0 Å². The lowest BCUT2D eigenvalue weighted by atomic mass is 10.2. The zero-order valence-corrected chi connectivity index (χ0v) is 9.76. The van der Waals surface area contributed by atoms with Crippen LogP contribution in [0.4, 0.5) is 5.82 Å². The van der Waals surface area contributed by atoms with Crippen LogP contribution in [0.2, 0.25) is 0 Å². The van der Waals surface area contributed by atoms with Crippen molar-refractivity contribution in [1.82, 2.24) is 15.0 Å². The van der Waals surface area contributed by atoms with E-state index in [9.17, 15) is 0 Å². The number of anilines is 1. The maximum atomic E-state index is 5.51. The van der Waals surface area contributed by atoms with E-state index in [1.54, 1.807) is 11.0 Å². The van der Waals surface area contributed by atoms with Crippen LogP contribution < -0.4 is 5.73 Å². The summed E-state index contributed by atoms with van der Waals surface area (Å²) < 4.78 is 1.15. The number of benzene rings is 1. The Morgan fingerprint density at radius 1 is 1.43 bits per heavy atom. The van der Waals surface area contributed by atoms with Gasteiger partial charge in [-0.15, -0.1) is 9.90 Å². The number of nitrogens with two attached hydrogens (primary N) is 1. The molecule has 0 unspecified atom stereocenters. The molecule has 0 saturated heterocycles. The van der Waals surface area contributed by atoms with E-state index < -0.39 is 0 Å². The topological polar surface area (TPSA) is 56.7 Å². The molecule has 0 spiro atoms. The quantitative estimate of drug-likeness (QED) is 0.817. The van der Waals surface area contributed by atoms with Gasteiger partial charge in [0.15, 0.2) is 5.82 Å². The summed E-state index contributed by atoms with van der Waals surface area (Å²) in [5, 5.41) is 8.13. The fraction of sp³-hybridized carbons (Fsp3) is 0.111. The molecule has 0 aliphatic carbocycles. The summed E-state index contributed by atoms with van der Waals surface area (Å²) in [6.07, 6.45) is 1.54. The third-order valence-corrected chi connectivity index (χ3v) is 2.57. The Labute approximate surface area is 95.3 Å². The largest absolute Gasteiger partial charge is 0.381 e. The lowest BCUT2D eigenvalue weighted by molar-refractivity contribution is 0.749. The lowest BCUT2D eigenvalue weighted by Gasteiger charge is -2.03. The Morgan fingerprint density at radius 3 is 2.86 bits per heavy atom. The van der Waals surface area contributed by atoms with Crippen molar-refractivity contribution in [2.24, 2.45) is 0 Å². The Bertz CT molecular complexity index is 464. The van der Waals surface area contributed by atoms with Crippen LogP contribution in [0.3, 0.4) is 0 Å². The first-order valence-electron chi connectivity index (χ1n) is 4.11. The van der Waals surface area contributed by atoms with Gasteiger partial charge in [-0.3, -0.25) is 0 Å². The molecule has 0 saturated carbocycles. The highest BCUT2D eigenvalue weighted by molar-refractivity contribution is 14.1. The standard InChI is InChI=1S/C9H9IN4/c1-6-2-3-7(10)4-8(6)14-12-5-9(11)13-14/h2-5H,1H3,(H2,11,13). The maximum absolute atomic E-state index is 5.51. The fourth-order valence-electron chi connectivity index (χ4n) is 1.19. The summed E-state index contributed by atoms with van der Waals surface area (Å²) in [6.45, 7) is 2.02. The van der Waals surface area contributed by atoms with Crippen LogP contribution in [-0.2, 0) is 0 Å². The summed E-state index contributed by atoms with van der Waals surface area (Å²) in [7, 11) is 0. The van der Waals surface area contributed by atoms with Crippen molar-refractivity contribution in [3.05, 3.63) is 33.5 Å². The van der Waals surface area contributed by atoms with Crippen LogP contribution in [0.1, 0.15) is 5.56 Å². The van der Waals surface area contributed by atoms with Gasteiger partial charge in [0.2, 0.25) is 0 Å².